The van der Waals surface area contributed by atoms with Crippen LogP contribution in [0.5, 0.6) is 0 Å². The van der Waals surface area contributed by atoms with Crippen LogP contribution in [0.15, 0.2) is 36.4 Å². The minimum atomic E-state index is -1.32. The predicted molar refractivity (Wildman–Crippen MR) is 87.4 cm³/mol. The molecule has 0 aromatic heterocycles. The second-order valence-electron chi connectivity index (χ2n) is 5.19. The van der Waals surface area contributed by atoms with Crippen molar-refractivity contribution in [2.24, 2.45) is 0 Å². The smallest absolute Gasteiger partial charge is 0.341 e. The van der Waals surface area contributed by atoms with Crippen molar-refractivity contribution in [3.8, 4) is 0 Å². The van der Waals surface area contributed by atoms with Crippen molar-refractivity contribution in [2.45, 2.75) is 13.0 Å². The number of nitro benzene ring substituents is 1. The van der Waals surface area contributed by atoms with E-state index in [2.05, 4.69) is 5.32 Å². The van der Waals surface area contributed by atoms with Crippen LogP contribution in [0.4, 0.5) is 25.8 Å². The Kier molecular flexibility index (Phi) is 5.45. The number of amides is 1. The van der Waals surface area contributed by atoms with Crippen LogP contribution in [0.3, 0.4) is 0 Å². The fourth-order valence-corrected chi connectivity index (χ4v) is 1.93. The Morgan fingerprint density at radius 1 is 1.19 bits per heavy atom. The second-order valence-corrected chi connectivity index (χ2v) is 5.19. The summed E-state index contributed by atoms with van der Waals surface area (Å²) in [5.41, 5.74) is 4.86. The molecule has 2 rings (SSSR count). The van der Waals surface area contributed by atoms with Crippen LogP contribution in [-0.4, -0.2) is 22.9 Å². The number of carbonyl (C=O) groups excluding carboxylic acids is 2. The van der Waals surface area contributed by atoms with Gasteiger partial charge in [0, 0.05) is 29.6 Å². The first kappa shape index (κ1) is 18.8. The number of hydrogen-bond acceptors (Lipinski definition) is 6. The van der Waals surface area contributed by atoms with Crippen molar-refractivity contribution in [3.63, 3.8) is 0 Å². The lowest BCUT2D eigenvalue weighted by Gasteiger charge is -2.14. The molecule has 136 valence electrons. The van der Waals surface area contributed by atoms with E-state index in [4.69, 9.17) is 10.5 Å². The van der Waals surface area contributed by atoms with Gasteiger partial charge < -0.3 is 15.8 Å². The number of nitrogen functional groups attached to an aromatic ring is 1. The van der Waals surface area contributed by atoms with E-state index in [1.165, 1.54) is 13.0 Å². The van der Waals surface area contributed by atoms with Gasteiger partial charge in [0.2, 0.25) is 0 Å². The Morgan fingerprint density at radius 3 is 2.50 bits per heavy atom. The molecule has 0 heterocycles. The van der Waals surface area contributed by atoms with Crippen LogP contribution in [-0.2, 0) is 9.53 Å². The van der Waals surface area contributed by atoms with Gasteiger partial charge in [-0.25, -0.2) is 13.6 Å². The number of benzene rings is 2. The third-order valence-corrected chi connectivity index (χ3v) is 3.31. The SMILES string of the molecule is C[C@@H](OC(=O)c1cc([N+](=O)[O-])ccc1N)C(=O)Nc1ccc(F)c(F)c1. The molecule has 0 aliphatic heterocycles. The van der Waals surface area contributed by atoms with Crippen LogP contribution in [0.2, 0.25) is 0 Å². The Labute approximate surface area is 145 Å². The molecule has 8 nitrogen and oxygen atoms in total. The zero-order chi connectivity index (χ0) is 19.4. The van der Waals surface area contributed by atoms with Crippen molar-refractivity contribution in [1.29, 1.82) is 0 Å². The van der Waals surface area contributed by atoms with Gasteiger partial charge in [0.05, 0.1) is 10.5 Å². The van der Waals surface area contributed by atoms with Crippen molar-refractivity contribution in [1.82, 2.24) is 0 Å². The summed E-state index contributed by atoms with van der Waals surface area (Å²) >= 11 is 0. The quantitative estimate of drug-likeness (QED) is 0.363. The Balaban J connectivity index is 2.08. The number of esters is 1. The summed E-state index contributed by atoms with van der Waals surface area (Å²) in [5, 5.41) is 13.0. The molecule has 1 amide bonds. The molecule has 26 heavy (non-hydrogen) atoms. The van der Waals surface area contributed by atoms with Crippen LogP contribution < -0.4 is 11.1 Å². The number of nitrogens with two attached hydrogens (primary N) is 1. The maximum Gasteiger partial charge on any atom is 0.341 e. The summed E-state index contributed by atoms with van der Waals surface area (Å²) in [5.74, 6) is -4.09. The highest BCUT2D eigenvalue weighted by Crippen LogP contribution is 2.21. The van der Waals surface area contributed by atoms with E-state index >= 15 is 0 Å². The summed E-state index contributed by atoms with van der Waals surface area (Å²) in [6.45, 7) is 1.24. The monoisotopic (exact) mass is 365 g/mol. The predicted octanol–water partition coefficient (Wildman–Crippen LogP) is 2.64. The zero-order valence-electron chi connectivity index (χ0n) is 13.4. The summed E-state index contributed by atoms with van der Waals surface area (Å²) in [4.78, 5) is 34.1. The molecule has 0 spiro atoms. The lowest BCUT2D eigenvalue weighted by atomic mass is 10.1. The average Bonchev–Trinajstić information content (AvgIpc) is 2.58. The van der Waals surface area contributed by atoms with Crippen LogP contribution >= 0.6 is 0 Å². The normalized spacial score (nSPS) is 11.5. The lowest BCUT2D eigenvalue weighted by molar-refractivity contribution is -0.384. The van der Waals surface area contributed by atoms with E-state index in [1.807, 2.05) is 0 Å². The molecule has 2 aromatic carbocycles. The maximum atomic E-state index is 13.1. The molecule has 2 aromatic rings. The van der Waals surface area contributed by atoms with Gasteiger partial charge in [-0.1, -0.05) is 0 Å². The van der Waals surface area contributed by atoms with Crippen LogP contribution in [0.25, 0.3) is 0 Å². The largest absolute Gasteiger partial charge is 0.449 e. The molecule has 0 fully saturated rings. The van der Waals surface area contributed by atoms with Gasteiger partial charge in [-0.15, -0.1) is 0 Å². The lowest BCUT2D eigenvalue weighted by Crippen LogP contribution is -2.30. The topological polar surface area (TPSA) is 125 Å². The second kappa shape index (κ2) is 7.55. The third-order valence-electron chi connectivity index (χ3n) is 3.31. The van der Waals surface area contributed by atoms with Gasteiger partial charge >= 0.3 is 5.97 Å². The van der Waals surface area contributed by atoms with Crippen molar-refractivity contribution < 1.29 is 28.0 Å². The molecule has 0 bridgehead atoms. The number of nitrogens with zero attached hydrogens (tertiary/aromatic N) is 1. The summed E-state index contributed by atoms with van der Waals surface area (Å²) in [7, 11) is 0. The van der Waals surface area contributed by atoms with Crippen molar-refractivity contribution >= 4 is 28.9 Å². The minimum absolute atomic E-state index is 0.0355. The number of nitro groups is 1. The third kappa shape index (κ3) is 4.29. The first-order chi connectivity index (χ1) is 12.2. The number of hydrogen-bond donors (Lipinski definition) is 2. The molecule has 0 saturated heterocycles. The highest BCUT2D eigenvalue weighted by molar-refractivity contribution is 5.99. The summed E-state index contributed by atoms with van der Waals surface area (Å²) in [6.07, 6.45) is -1.32. The van der Waals surface area contributed by atoms with E-state index in [9.17, 15) is 28.5 Å². The Bertz CT molecular complexity index is 888. The highest BCUT2D eigenvalue weighted by atomic mass is 19.2. The first-order valence-electron chi connectivity index (χ1n) is 7.20. The number of anilines is 2. The number of halogens is 2. The summed E-state index contributed by atoms with van der Waals surface area (Å²) in [6, 6.07) is 5.93. The van der Waals surface area contributed by atoms with Gasteiger partial charge in [0.25, 0.3) is 11.6 Å². The van der Waals surface area contributed by atoms with E-state index in [0.29, 0.717) is 0 Å². The van der Waals surface area contributed by atoms with E-state index in [0.717, 1.165) is 30.3 Å². The molecule has 3 N–H and O–H groups in total. The van der Waals surface area contributed by atoms with E-state index < -0.39 is 34.5 Å². The molecule has 0 radical (unpaired) electrons. The summed E-state index contributed by atoms with van der Waals surface area (Å²) < 4.78 is 30.9. The average molecular weight is 365 g/mol. The number of rotatable bonds is 5. The number of nitrogens with one attached hydrogen (secondary N) is 1. The van der Waals surface area contributed by atoms with Crippen LogP contribution in [0.1, 0.15) is 17.3 Å². The standard InChI is InChI=1S/C16H13F2N3O5/c1-8(15(22)20-9-2-4-12(17)13(18)6-9)26-16(23)11-7-10(21(24)25)3-5-14(11)19/h2-8H,19H2,1H3,(H,20,22)/t8-/m1/s1. The fourth-order valence-electron chi connectivity index (χ4n) is 1.93. The van der Waals surface area contributed by atoms with Crippen molar-refractivity contribution in [2.75, 3.05) is 11.1 Å². The van der Waals surface area contributed by atoms with E-state index in [1.54, 1.807) is 0 Å². The number of non-ortho nitro benzene ring substituents is 1. The Morgan fingerprint density at radius 2 is 1.88 bits per heavy atom. The Hall–Kier alpha value is -3.56. The zero-order valence-corrected chi connectivity index (χ0v) is 13.4. The first-order valence-corrected chi connectivity index (χ1v) is 7.20. The van der Waals surface area contributed by atoms with Gasteiger partial charge in [-0.3, -0.25) is 14.9 Å². The van der Waals surface area contributed by atoms with E-state index in [-0.39, 0.29) is 22.6 Å². The van der Waals surface area contributed by atoms with Crippen LogP contribution in [0, 0.1) is 21.7 Å². The molecule has 0 aliphatic rings. The van der Waals surface area contributed by atoms with Crippen molar-refractivity contribution in [3.05, 3.63) is 63.7 Å². The number of carbonyl (C=O) groups is 2. The molecule has 10 heteroatoms. The molecular formula is C16H13F2N3O5. The fraction of sp³-hybridized carbons (Fsp3) is 0.125. The molecule has 1 atom stereocenters. The maximum absolute atomic E-state index is 13.1. The van der Waals surface area contributed by atoms with Gasteiger partial charge in [-0.05, 0) is 25.1 Å². The van der Waals surface area contributed by atoms with Gasteiger partial charge in [-0.2, -0.15) is 0 Å². The molecule has 0 aliphatic carbocycles. The van der Waals surface area contributed by atoms with Gasteiger partial charge in [0.15, 0.2) is 17.7 Å². The minimum Gasteiger partial charge on any atom is -0.449 e. The highest BCUT2D eigenvalue weighted by Gasteiger charge is 2.22. The molecular weight excluding hydrogens is 352 g/mol. The van der Waals surface area contributed by atoms with Gasteiger partial charge in [0.1, 0.15) is 0 Å². The molecule has 0 saturated carbocycles. The molecule has 0 unspecified atom stereocenters. The number of ether oxygens (including phenoxy) is 1.